The molecule has 1 amide bonds. The average Bonchev–Trinajstić information content (AvgIpc) is 2.68. The Morgan fingerprint density at radius 1 is 0.926 bits per heavy atom. The molecule has 0 aliphatic carbocycles. The smallest absolute Gasteiger partial charge is 0.257 e. The minimum absolute atomic E-state index is 0.0312. The summed E-state index contributed by atoms with van der Waals surface area (Å²) in [4.78, 5) is 27.8. The summed E-state index contributed by atoms with van der Waals surface area (Å²) in [7, 11) is 0. The molecule has 0 saturated carbocycles. The SMILES string of the molecule is CC(=O)c1ccc(NC(=O)c2cncc(Nc3cccc(C#N)c3)c2)cc1. The second kappa shape index (κ2) is 7.93. The molecule has 6 heteroatoms. The number of rotatable bonds is 5. The third-order valence-corrected chi connectivity index (χ3v) is 3.83. The number of hydrogen-bond acceptors (Lipinski definition) is 5. The fourth-order valence-electron chi connectivity index (χ4n) is 2.46. The fourth-order valence-corrected chi connectivity index (χ4v) is 2.46. The molecule has 0 unspecified atom stereocenters. The van der Waals surface area contributed by atoms with Gasteiger partial charge in [0.2, 0.25) is 0 Å². The van der Waals surface area contributed by atoms with Gasteiger partial charge in [0.05, 0.1) is 29.1 Å². The van der Waals surface area contributed by atoms with Crippen molar-refractivity contribution in [3.63, 3.8) is 0 Å². The van der Waals surface area contributed by atoms with Gasteiger partial charge < -0.3 is 10.6 Å². The maximum absolute atomic E-state index is 12.4. The quantitative estimate of drug-likeness (QED) is 0.670. The summed E-state index contributed by atoms with van der Waals surface area (Å²) in [5.41, 5.74) is 3.45. The standard InChI is InChI=1S/C21H16N4O2/c1-14(26)16-5-7-18(8-6-16)25-21(27)17-10-20(13-23-12-17)24-19-4-2-3-15(9-19)11-22/h2-10,12-13,24H,1H3,(H,25,27). The Kier molecular flexibility index (Phi) is 5.24. The van der Waals surface area contributed by atoms with Gasteiger partial charge >= 0.3 is 0 Å². The molecule has 0 saturated heterocycles. The molecular weight excluding hydrogens is 340 g/mol. The molecule has 3 aromatic rings. The van der Waals surface area contributed by atoms with E-state index in [1.165, 1.54) is 13.1 Å². The Labute approximate surface area is 156 Å². The van der Waals surface area contributed by atoms with Gasteiger partial charge in [0.15, 0.2) is 5.78 Å². The van der Waals surface area contributed by atoms with E-state index in [4.69, 9.17) is 5.26 Å². The minimum atomic E-state index is -0.312. The van der Waals surface area contributed by atoms with Gasteiger partial charge in [-0.2, -0.15) is 5.26 Å². The molecule has 1 heterocycles. The van der Waals surface area contributed by atoms with Crippen molar-refractivity contribution in [3.8, 4) is 6.07 Å². The van der Waals surface area contributed by atoms with Crippen LogP contribution in [0.4, 0.5) is 17.1 Å². The highest BCUT2D eigenvalue weighted by Crippen LogP contribution is 2.19. The number of pyridine rings is 1. The second-order valence-corrected chi connectivity index (χ2v) is 5.87. The molecule has 132 valence electrons. The van der Waals surface area contributed by atoms with Crippen molar-refractivity contribution < 1.29 is 9.59 Å². The van der Waals surface area contributed by atoms with Gasteiger partial charge in [-0.05, 0) is 55.5 Å². The van der Waals surface area contributed by atoms with Crippen molar-refractivity contribution in [2.24, 2.45) is 0 Å². The van der Waals surface area contributed by atoms with Crippen LogP contribution < -0.4 is 10.6 Å². The lowest BCUT2D eigenvalue weighted by Crippen LogP contribution is -2.12. The van der Waals surface area contributed by atoms with Crippen LogP contribution in [0.2, 0.25) is 0 Å². The lowest BCUT2D eigenvalue weighted by Gasteiger charge is -2.09. The van der Waals surface area contributed by atoms with Gasteiger partial charge in [-0.25, -0.2) is 0 Å². The van der Waals surface area contributed by atoms with E-state index in [1.807, 2.05) is 6.07 Å². The average molecular weight is 356 g/mol. The summed E-state index contributed by atoms with van der Waals surface area (Å²) < 4.78 is 0. The van der Waals surface area contributed by atoms with Gasteiger partial charge in [-0.1, -0.05) is 6.07 Å². The van der Waals surface area contributed by atoms with Crippen LogP contribution in [0.3, 0.4) is 0 Å². The molecule has 6 nitrogen and oxygen atoms in total. The number of nitrogens with one attached hydrogen (secondary N) is 2. The zero-order chi connectivity index (χ0) is 19.2. The first-order valence-electron chi connectivity index (χ1n) is 8.20. The van der Waals surface area contributed by atoms with E-state index in [9.17, 15) is 9.59 Å². The van der Waals surface area contributed by atoms with E-state index >= 15 is 0 Å². The summed E-state index contributed by atoms with van der Waals surface area (Å²) in [6.07, 6.45) is 3.06. The van der Waals surface area contributed by atoms with Crippen LogP contribution in [0.1, 0.15) is 33.2 Å². The first-order chi connectivity index (χ1) is 13.0. The van der Waals surface area contributed by atoms with Gasteiger partial charge in [0.1, 0.15) is 0 Å². The van der Waals surface area contributed by atoms with Crippen molar-refractivity contribution in [1.29, 1.82) is 5.26 Å². The van der Waals surface area contributed by atoms with Crippen LogP contribution in [0.5, 0.6) is 0 Å². The molecule has 0 aliphatic heterocycles. The Morgan fingerprint density at radius 2 is 1.70 bits per heavy atom. The lowest BCUT2D eigenvalue weighted by molar-refractivity contribution is 0.101. The van der Waals surface area contributed by atoms with Crippen LogP contribution in [0.25, 0.3) is 0 Å². The summed E-state index contributed by atoms with van der Waals surface area (Å²) in [6.45, 7) is 1.49. The highest BCUT2D eigenvalue weighted by molar-refractivity contribution is 6.05. The molecule has 1 aromatic heterocycles. The molecule has 2 aromatic carbocycles. The molecule has 0 fully saturated rings. The maximum atomic E-state index is 12.4. The topological polar surface area (TPSA) is 94.9 Å². The predicted molar refractivity (Wildman–Crippen MR) is 103 cm³/mol. The number of carbonyl (C=O) groups excluding carboxylic acids is 2. The minimum Gasteiger partial charge on any atom is -0.354 e. The number of benzene rings is 2. The fraction of sp³-hybridized carbons (Fsp3) is 0.0476. The van der Waals surface area contributed by atoms with E-state index in [0.717, 1.165) is 5.69 Å². The van der Waals surface area contributed by atoms with Crippen LogP contribution >= 0.6 is 0 Å². The molecule has 0 atom stereocenters. The monoisotopic (exact) mass is 356 g/mol. The van der Waals surface area contributed by atoms with Crippen LogP contribution in [0.15, 0.2) is 67.0 Å². The Bertz CT molecular complexity index is 1040. The Balaban J connectivity index is 1.73. The number of Topliss-reactive ketones (excluding diaryl/α,β-unsaturated/α-hetero) is 1. The highest BCUT2D eigenvalue weighted by Gasteiger charge is 2.09. The molecule has 0 aliphatic rings. The number of carbonyl (C=O) groups is 2. The van der Waals surface area contributed by atoms with Gasteiger partial charge in [-0.3, -0.25) is 14.6 Å². The normalized spacial score (nSPS) is 9.93. The molecule has 0 radical (unpaired) electrons. The predicted octanol–water partition coefficient (Wildman–Crippen LogP) is 4.15. The van der Waals surface area contributed by atoms with Gasteiger partial charge in [0.25, 0.3) is 5.91 Å². The third-order valence-electron chi connectivity index (χ3n) is 3.83. The van der Waals surface area contributed by atoms with Crippen LogP contribution in [0, 0.1) is 11.3 Å². The second-order valence-electron chi connectivity index (χ2n) is 5.87. The van der Waals surface area contributed by atoms with Crippen molar-refractivity contribution in [3.05, 3.63) is 83.7 Å². The molecule has 27 heavy (non-hydrogen) atoms. The summed E-state index contributed by atoms with van der Waals surface area (Å²) >= 11 is 0. The summed E-state index contributed by atoms with van der Waals surface area (Å²) in [6, 6.07) is 17.5. The molecule has 2 N–H and O–H groups in total. The lowest BCUT2D eigenvalue weighted by atomic mass is 10.1. The molecule has 0 bridgehead atoms. The zero-order valence-electron chi connectivity index (χ0n) is 14.6. The molecular formula is C21H16N4O2. The number of nitriles is 1. The number of aromatic nitrogens is 1. The van der Waals surface area contributed by atoms with E-state index in [0.29, 0.717) is 28.1 Å². The Hall–Kier alpha value is -3.98. The van der Waals surface area contributed by atoms with E-state index < -0.39 is 0 Å². The largest absolute Gasteiger partial charge is 0.354 e. The number of ketones is 1. The van der Waals surface area contributed by atoms with Crippen molar-refractivity contribution in [2.75, 3.05) is 10.6 Å². The van der Waals surface area contributed by atoms with Crippen LogP contribution in [-0.2, 0) is 0 Å². The van der Waals surface area contributed by atoms with Crippen LogP contribution in [-0.4, -0.2) is 16.7 Å². The molecule has 0 spiro atoms. The zero-order valence-corrected chi connectivity index (χ0v) is 14.6. The van der Waals surface area contributed by atoms with E-state index in [2.05, 4.69) is 21.7 Å². The first-order valence-corrected chi connectivity index (χ1v) is 8.20. The first kappa shape index (κ1) is 17.8. The molecule has 3 rings (SSSR count). The van der Waals surface area contributed by atoms with Crippen molar-refractivity contribution >= 4 is 28.8 Å². The van der Waals surface area contributed by atoms with Crippen molar-refractivity contribution in [1.82, 2.24) is 4.98 Å². The van der Waals surface area contributed by atoms with Crippen molar-refractivity contribution in [2.45, 2.75) is 6.92 Å². The maximum Gasteiger partial charge on any atom is 0.257 e. The summed E-state index contributed by atoms with van der Waals surface area (Å²) in [5, 5.41) is 14.9. The number of hydrogen-bond donors (Lipinski definition) is 2. The number of nitrogens with zero attached hydrogens (tertiary/aromatic N) is 2. The third kappa shape index (κ3) is 4.55. The van der Waals surface area contributed by atoms with E-state index in [1.54, 1.807) is 54.7 Å². The summed E-state index contributed by atoms with van der Waals surface area (Å²) in [5.74, 6) is -0.344. The van der Waals surface area contributed by atoms with E-state index in [-0.39, 0.29) is 11.7 Å². The number of anilines is 3. The van der Waals surface area contributed by atoms with Gasteiger partial charge in [-0.15, -0.1) is 0 Å². The van der Waals surface area contributed by atoms with Gasteiger partial charge in [0, 0.05) is 23.1 Å². The number of amides is 1. The Morgan fingerprint density at radius 3 is 2.41 bits per heavy atom. The highest BCUT2D eigenvalue weighted by atomic mass is 16.1.